The van der Waals surface area contributed by atoms with Crippen LogP contribution in [0.4, 0.5) is 0 Å². The van der Waals surface area contributed by atoms with Crippen LogP contribution in [0.5, 0.6) is 0 Å². The molecule has 1 N–H and O–H groups in total. The molecule has 0 rings (SSSR count). The average Bonchev–Trinajstić information content (AvgIpc) is 2.40. The van der Waals surface area contributed by atoms with Gasteiger partial charge in [0.15, 0.2) is 5.72 Å². The summed E-state index contributed by atoms with van der Waals surface area (Å²) in [5.74, 6) is -0.352. The molecule has 0 unspecified atom stereocenters. The lowest BCUT2D eigenvalue weighted by atomic mass is 10.3. The molecule has 0 aromatic rings. The van der Waals surface area contributed by atoms with Crippen molar-refractivity contribution >= 4 is 21.9 Å². The number of hydrogen-bond donors (Lipinski definition) is 1. The normalized spacial score (nSPS) is 11.6. The molecule has 0 heterocycles. The van der Waals surface area contributed by atoms with Crippen molar-refractivity contribution in [3.63, 3.8) is 0 Å². The summed E-state index contributed by atoms with van der Waals surface area (Å²) in [6.45, 7) is 8.53. The van der Waals surface area contributed by atoms with Gasteiger partial charge in [-0.1, -0.05) is 22.9 Å². The molecule has 120 valence electrons. The van der Waals surface area contributed by atoms with E-state index < -0.39 is 5.72 Å². The Morgan fingerprint density at radius 1 is 1.10 bits per heavy atom. The highest BCUT2D eigenvalue weighted by atomic mass is 79.9. The van der Waals surface area contributed by atoms with Crippen LogP contribution in [0.3, 0.4) is 0 Å². The number of carbonyl (C=O) groups is 1. The maximum atomic E-state index is 11.1. The van der Waals surface area contributed by atoms with Crippen molar-refractivity contribution in [2.75, 3.05) is 38.4 Å². The van der Waals surface area contributed by atoms with Crippen molar-refractivity contribution in [1.29, 1.82) is 0 Å². The van der Waals surface area contributed by atoms with Gasteiger partial charge in [0, 0.05) is 19.8 Å². The maximum absolute atomic E-state index is 11.1. The van der Waals surface area contributed by atoms with E-state index in [1.54, 1.807) is 13.8 Å². The quantitative estimate of drug-likeness (QED) is 0.179. The first-order valence-corrected chi connectivity index (χ1v) is 7.96. The Balaban J connectivity index is 3.36. The molecule has 0 radical (unpaired) electrons. The van der Waals surface area contributed by atoms with E-state index in [4.69, 9.17) is 19.0 Å². The Labute approximate surface area is 129 Å². The van der Waals surface area contributed by atoms with Crippen LogP contribution in [0.15, 0.2) is 0 Å². The van der Waals surface area contributed by atoms with Gasteiger partial charge in [0.25, 0.3) is 0 Å². The minimum Gasteiger partial charge on any atom is -0.442 e. The standard InChI is InChI=1S/C13H26BrNO5/c1-4-6-17-7-5-8-18-9-10-19-15-13(2,3)20-12(16)11-14/h15H,4-11H2,1-3H3. The second-order valence-electron chi connectivity index (χ2n) is 4.65. The van der Waals surface area contributed by atoms with Gasteiger partial charge in [-0.15, -0.1) is 0 Å². The van der Waals surface area contributed by atoms with E-state index in [1.165, 1.54) is 0 Å². The molecular weight excluding hydrogens is 330 g/mol. The summed E-state index contributed by atoms with van der Waals surface area (Å²) in [6.07, 6.45) is 1.91. The Hall–Kier alpha value is -0.210. The van der Waals surface area contributed by atoms with E-state index in [0.717, 1.165) is 26.1 Å². The third kappa shape index (κ3) is 12.8. The molecule has 0 atom stereocenters. The predicted octanol–water partition coefficient (Wildman–Crippen LogP) is 2.02. The number of ether oxygens (including phenoxy) is 3. The van der Waals surface area contributed by atoms with Crippen LogP contribution >= 0.6 is 15.9 Å². The lowest BCUT2D eigenvalue weighted by Gasteiger charge is -2.25. The van der Waals surface area contributed by atoms with Gasteiger partial charge in [-0.3, -0.25) is 9.63 Å². The summed E-state index contributed by atoms with van der Waals surface area (Å²) >= 11 is 3.03. The molecule has 0 aromatic carbocycles. The summed E-state index contributed by atoms with van der Waals surface area (Å²) in [4.78, 5) is 16.3. The van der Waals surface area contributed by atoms with Crippen molar-refractivity contribution < 1.29 is 23.8 Å². The van der Waals surface area contributed by atoms with Gasteiger partial charge >= 0.3 is 5.97 Å². The molecule has 0 saturated heterocycles. The first-order valence-electron chi connectivity index (χ1n) is 6.84. The van der Waals surface area contributed by atoms with Crippen molar-refractivity contribution in [2.45, 2.75) is 39.3 Å². The van der Waals surface area contributed by atoms with E-state index in [9.17, 15) is 4.79 Å². The van der Waals surface area contributed by atoms with Crippen LogP contribution in [0, 0.1) is 0 Å². The number of esters is 1. The molecule has 0 aliphatic heterocycles. The lowest BCUT2D eigenvalue weighted by molar-refractivity contribution is -0.177. The highest BCUT2D eigenvalue weighted by molar-refractivity contribution is 9.09. The van der Waals surface area contributed by atoms with E-state index in [2.05, 4.69) is 28.3 Å². The van der Waals surface area contributed by atoms with Crippen LogP contribution < -0.4 is 5.48 Å². The molecule has 20 heavy (non-hydrogen) atoms. The summed E-state index contributed by atoms with van der Waals surface area (Å²) < 4.78 is 15.8. The zero-order chi connectivity index (χ0) is 15.3. The number of alkyl halides is 1. The van der Waals surface area contributed by atoms with E-state index in [0.29, 0.717) is 19.8 Å². The molecule has 0 aromatic heterocycles. The fourth-order valence-corrected chi connectivity index (χ4v) is 1.38. The maximum Gasteiger partial charge on any atom is 0.318 e. The first-order chi connectivity index (χ1) is 9.52. The summed E-state index contributed by atoms with van der Waals surface area (Å²) in [5, 5.41) is 0.154. The van der Waals surface area contributed by atoms with Crippen LogP contribution in [0.1, 0.15) is 33.6 Å². The first kappa shape index (κ1) is 19.8. The number of hydrogen-bond acceptors (Lipinski definition) is 6. The van der Waals surface area contributed by atoms with Crippen LogP contribution in [-0.2, 0) is 23.8 Å². The topological polar surface area (TPSA) is 66.0 Å². The summed E-state index contributed by atoms with van der Waals surface area (Å²) in [6, 6.07) is 0. The van der Waals surface area contributed by atoms with Crippen LogP contribution in [0.25, 0.3) is 0 Å². The zero-order valence-corrected chi connectivity index (χ0v) is 14.2. The SMILES string of the molecule is CCCOCCCOCCONC(C)(C)OC(=O)CBr. The fraction of sp³-hybridized carbons (Fsp3) is 0.923. The average molecular weight is 356 g/mol. The van der Waals surface area contributed by atoms with Gasteiger partial charge in [-0.2, -0.15) is 5.48 Å². The number of carbonyl (C=O) groups excluding carboxylic acids is 1. The lowest BCUT2D eigenvalue weighted by Crippen LogP contribution is -2.44. The van der Waals surface area contributed by atoms with Gasteiger partial charge in [-0.25, -0.2) is 0 Å². The predicted molar refractivity (Wildman–Crippen MR) is 79.6 cm³/mol. The Morgan fingerprint density at radius 2 is 1.75 bits per heavy atom. The number of rotatable bonds is 13. The van der Waals surface area contributed by atoms with Gasteiger partial charge in [-0.05, 0) is 26.7 Å². The molecule has 6 nitrogen and oxygen atoms in total. The highest BCUT2D eigenvalue weighted by Gasteiger charge is 2.21. The van der Waals surface area contributed by atoms with Gasteiger partial charge < -0.3 is 14.2 Å². The molecule has 0 bridgehead atoms. The monoisotopic (exact) mass is 355 g/mol. The molecule has 0 fully saturated rings. The summed E-state index contributed by atoms with van der Waals surface area (Å²) in [5.41, 5.74) is 1.81. The fourth-order valence-electron chi connectivity index (χ4n) is 1.27. The minimum absolute atomic E-state index is 0.154. The van der Waals surface area contributed by atoms with Crippen molar-refractivity contribution in [3.8, 4) is 0 Å². The molecule has 7 heteroatoms. The third-order valence-electron chi connectivity index (χ3n) is 2.05. The smallest absolute Gasteiger partial charge is 0.318 e. The molecule has 0 amide bonds. The second-order valence-corrected chi connectivity index (χ2v) is 5.21. The Bertz CT molecular complexity index is 251. The van der Waals surface area contributed by atoms with Crippen molar-refractivity contribution in [3.05, 3.63) is 0 Å². The third-order valence-corrected chi connectivity index (χ3v) is 2.51. The minimum atomic E-state index is -0.862. The van der Waals surface area contributed by atoms with Gasteiger partial charge in [0.2, 0.25) is 0 Å². The second kappa shape index (κ2) is 12.5. The number of nitrogens with one attached hydrogen (secondary N) is 1. The van der Waals surface area contributed by atoms with Crippen molar-refractivity contribution in [2.24, 2.45) is 0 Å². The van der Waals surface area contributed by atoms with E-state index in [1.807, 2.05) is 0 Å². The van der Waals surface area contributed by atoms with Crippen LogP contribution in [-0.4, -0.2) is 50.1 Å². The van der Waals surface area contributed by atoms with Crippen molar-refractivity contribution in [1.82, 2.24) is 5.48 Å². The van der Waals surface area contributed by atoms with Gasteiger partial charge in [0.05, 0.1) is 13.2 Å². The number of hydroxylamine groups is 1. The molecular formula is C13H26BrNO5. The highest BCUT2D eigenvalue weighted by Crippen LogP contribution is 2.05. The molecule has 0 saturated carbocycles. The molecule has 0 spiro atoms. The molecule has 0 aliphatic rings. The Kier molecular flexibility index (Phi) is 12.4. The van der Waals surface area contributed by atoms with Crippen LogP contribution in [0.2, 0.25) is 0 Å². The Morgan fingerprint density at radius 3 is 2.35 bits per heavy atom. The summed E-state index contributed by atoms with van der Waals surface area (Å²) in [7, 11) is 0. The largest absolute Gasteiger partial charge is 0.442 e. The van der Waals surface area contributed by atoms with E-state index >= 15 is 0 Å². The molecule has 0 aliphatic carbocycles. The van der Waals surface area contributed by atoms with Gasteiger partial charge in [0.1, 0.15) is 5.33 Å². The number of halogens is 1. The van der Waals surface area contributed by atoms with E-state index in [-0.39, 0.29) is 11.3 Å². The zero-order valence-electron chi connectivity index (χ0n) is 12.6.